The Bertz CT molecular complexity index is 677. The van der Waals surface area contributed by atoms with E-state index in [-0.39, 0.29) is 19.1 Å². The minimum absolute atomic E-state index is 0.0955. The largest absolute Gasteiger partial charge is 0.353 e. The van der Waals surface area contributed by atoms with Crippen LogP contribution in [0.15, 0.2) is 15.8 Å². The van der Waals surface area contributed by atoms with E-state index in [0.29, 0.717) is 5.56 Å². The predicted octanol–water partition coefficient (Wildman–Crippen LogP) is -1.11. The topological polar surface area (TPSA) is 148 Å². The number of nitrogens with one attached hydrogen (secondary N) is 1. The van der Waals surface area contributed by atoms with Crippen molar-refractivity contribution in [3.63, 3.8) is 0 Å². The first kappa shape index (κ1) is 16.1. The van der Waals surface area contributed by atoms with Crippen LogP contribution in [0.1, 0.15) is 18.2 Å². The zero-order chi connectivity index (χ0) is 15.8. The number of aryl methyl sites for hydroxylation is 1. The third-order valence-corrected chi connectivity index (χ3v) is 4.47. The summed E-state index contributed by atoms with van der Waals surface area (Å²) in [6.07, 6.45) is 0.0417. The van der Waals surface area contributed by atoms with Crippen LogP contribution in [0.5, 0.6) is 0 Å². The number of aromatic amines is 1. The number of nitrogens with zero attached hydrogens (tertiary/aromatic N) is 1. The summed E-state index contributed by atoms with van der Waals surface area (Å²) < 4.78 is 18.0. The summed E-state index contributed by atoms with van der Waals surface area (Å²) >= 11 is 0. The maximum Gasteiger partial charge on any atom is 0.330 e. The number of rotatable bonds is 4. The molecule has 1 saturated heterocycles. The lowest BCUT2D eigenvalue weighted by Gasteiger charge is -2.16. The van der Waals surface area contributed by atoms with Crippen LogP contribution in [0.3, 0.4) is 0 Å². The van der Waals surface area contributed by atoms with Gasteiger partial charge in [0.25, 0.3) is 5.56 Å². The van der Waals surface area contributed by atoms with E-state index < -0.39 is 37.1 Å². The summed E-state index contributed by atoms with van der Waals surface area (Å²) in [5, 5.41) is 0. The molecule has 2 rings (SSSR count). The monoisotopic (exact) mass is 319 g/mol. The Balaban J connectivity index is 2.27. The molecule has 1 aromatic rings. The Labute approximate surface area is 119 Å². The molecule has 1 aliphatic rings. The van der Waals surface area contributed by atoms with Gasteiger partial charge in [-0.05, 0) is 13.3 Å². The SMILES string of the molecule is Cc1cn([C@H]2C[C@H](CP(=O)(O)O)[C@@H](CN)O2)c(=O)[nH]c1=O. The molecule has 1 fully saturated rings. The minimum atomic E-state index is -4.19. The molecule has 0 spiro atoms. The first-order valence-electron chi connectivity index (χ1n) is 6.43. The van der Waals surface area contributed by atoms with Gasteiger partial charge in [0.05, 0.1) is 12.3 Å². The molecule has 3 atom stereocenters. The van der Waals surface area contributed by atoms with E-state index in [2.05, 4.69) is 4.98 Å². The highest BCUT2D eigenvalue weighted by atomic mass is 31.2. The van der Waals surface area contributed by atoms with Crippen molar-refractivity contribution in [3.05, 3.63) is 32.6 Å². The van der Waals surface area contributed by atoms with Gasteiger partial charge in [0, 0.05) is 24.2 Å². The molecular weight excluding hydrogens is 301 g/mol. The maximum absolute atomic E-state index is 11.8. The number of ether oxygens (including phenoxy) is 1. The molecule has 0 saturated carbocycles. The molecule has 21 heavy (non-hydrogen) atoms. The molecular formula is C11H18N3O6P. The molecule has 9 nitrogen and oxygen atoms in total. The normalized spacial score (nSPS) is 26.2. The summed E-state index contributed by atoms with van der Waals surface area (Å²) in [6, 6.07) is 0. The Hall–Kier alpha value is -1.25. The number of nitrogens with two attached hydrogens (primary N) is 1. The van der Waals surface area contributed by atoms with Crippen molar-refractivity contribution in [2.75, 3.05) is 12.7 Å². The highest BCUT2D eigenvalue weighted by molar-refractivity contribution is 7.51. The molecule has 0 bridgehead atoms. The fourth-order valence-electron chi connectivity index (χ4n) is 2.50. The summed E-state index contributed by atoms with van der Waals surface area (Å²) in [5.74, 6) is -0.444. The molecule has 0 aliphatic carbocycles. The van der Waals surface area contributed by atoms with Gasteiger partial charge in [-0.3, -0.25) is 18.9 Å². The van der Waals surface area contributed by atoms with Crippen LogP contribution in [0, 0.1) is 12.8 Å². The number of hydrogen-bond donors (Lipinski definition) is 4. The van der Waals surface area contributed by atoms with Crippen LogP contribution in [-0.4, -0.2) is 38.1 Å². The molecule has 118 valence electrons. The second-order valence-corrected chi connectivity index (χ2v) is 6.88. The minimum Gasteiger partial charge on any atom is -0.353 e. The van der Waals surface area contributed by atoms with Gasteiger partial charge in [-0.25, -0.2) is 4.79 Å². The molecule has 0 aromatic carbocycles. The van der Waals surface area contributed by atoms with Gasteiger partial charge in [-0.1, -0.05) is 0 Å². The van der Waals surface area contributed by atoms with Gasteiger partial charge in [0.15, 0.2) is 0 Å². The molecule has 1 aromatic heterocycles. The molecule has 10 heteroatoms. The average molecular weight is 319 g/mol. The first-order valence-corrected chi connectivity index (χ1v) is 8.23. The van der Waals surface area contributed by atoms with E-state index >= 15 is 0 Å². The van der Waals surface area contributed by atoms with Gasteiger partial charge >= 0.3 is 13.3 Å². The predicted molar refractivity (Wildman–Crippen MR) is 74.0 cm³/mol. The van der Waals surface area contributed by atoms with E-state index in [1.165, 1.54) is 10.8 Å². The molecule has 2 heterocycles. The van der Waals surface area contributed by atoms with Crippen LogP contribution < -0.4 is 17.0 Å². The van der Waals surface area contributed by atoms with Crippen molar-refractivity contribution in [2.45, 2.75) is 25.7 Å². The van der Waals surface area contributed by atoms with Gasteiger partial charge in [-0.15, -0.1) is 0 Å². The van der Waals surface area contributed by atoms with Gasteiger partial charge in [-0.2, -0.15) is 0 Å². The standard InChI is InChI=1S/C11H18N3O6P/c1-6-4-14(11(16)13-10(6)15)9-2-7(5-21(17,18)19)8(3-12)20-9/h4,7-9H,2-3,5,12H2,1H3,(H,13,15,16)(H2,17,18,19)/t7-,8-,9-/m1/s1. The van der Waals surface area contributed by atoms with E-state index in [0.717, 1.165) is 0 Å². The summed E-state index contributed by atoms with van der Waals surface area (Å²) in [6.45, 7) is 1.65. The Morgan fingerprint density at radius 3 is 2.76 bits per heavy atom. The lowest BCUT2D eigenvalue weighted by atomic mass is 10.0. The number of H-pyrrole nitrogens is 1. The molecule has 5 N–H and O–H groups in total. The van der Waals surface area contributed by atoms with Crippen molar-refractivity contribution < 1.29 is 19.1 Å². The van der Waals surface area contributed by atoms with Gasteiger partial charge in [0.1, 0.15) is 6.23 Å². The Kier molecular flexibility index (Phi) is 4.50. The lowest BCUT2D eigenvalue weighted by molar-refractivity contribution is -0.00172. The zero-order valence-corrected chi connectivity index (χ0v) is 12.3. The van der Waals surface area contributed by atoms with Crippen molar-refractivity contribution in [3.8, 4) is 0 Å². The van der Waals surface area contributed by atoms with Crippen molar-refractivity contribution in [1.29, 1.82) is 0 Å². The van der Waals surface area contributed by atoms with E-state index in [1.807, 2.05) is 0 Å². The molecule has 1 aliphatic heterocycles. The number of hydrogen-bond acceptors (Lipinski definition) is 5. The quantitative estimate of drug-likeness (QED) is 0.514. The van der Waals surface area contributed by atoms with E-state index in [1.54, 1.807) is 6.92 Å². The zero-order valence-electron chi connectivity index (χ0n) is 11.4. The third kappa shape index (κ3) is 3.69. The fraction of sp³-hybridized carbons (Fsp3) is 0.636. The van der Waals surface area contributed by atoms with Gasteiger partial charge < -0.3 is 20.3 Å². The summed E-state index contributed by atoms with van der Waals surface area (Å²) in [7, 11) is -4.19. The Morgan fingerprint density at radius 2 is 2.19 bits per heavy atom. The van der Waals surface area contributed by atoms with Crippen LogP contribution >= 0.6 is 7.60 Å². The summed E-state index contributed by atoms with van der Waals surface area (Å²) in [5.41, 5.74) is 4.80. The smallest absolute Gasteiger partial charge is 0.330 e. The van der Waals surface area contributed by atoms with Crippen LogP contribution in [-0.2, 0) is 9.30 Å². The van der Waals surface area contributed by atoms with E-state index in [4.69, 9.17) is 20.3 Å². The van der Waals surface area contributed by atoms with Gasteiger partial charge in [0.2, 0.25) is 0 Å². The molecule has 0 radical (unpaired) electrons. The second kappa shape index (κ2) is 5.86. The van der Waals surface area contributed by atoms with Crippen LogP contribution in [0.25, 0.3) is 0 Å². The highest BCUT2D eigenvalue weighted by Crippen LogP contribution is 2.43. The Morgan fingerprint density at radius 1 is 1.52 bits per heavy atom. The van der Waals surface area contributed by atoms with Crippen LogP contribution in [0.4, 0.5) is 0 Å². The van der Waals surface area contributed by atoms with Crippen molar-refractivity contribution in [2.24, 2.45) is 11.7 Å². The first-order chi connectivity index (χ1) is 9.71. The summed E-state index contributed by atoms with van der Waals surface area (Å²) in [4.78, 5) is 43.5. The highest BCUT2D eigenvalue weighted by Gasteiger charge is 2.39. The fourth-order valence-corrected chi connectivity index (χ4v) is 3.50. The van der Waals surface area contributed by atoms with Crippen molar-refractivity contribution >= 4 is 7.60 Å². The number of aromatic nitrogens is 2. The molecule has 0 amide bonds. The lowest BCUT2D eigenvalue weighted by Crippen LogP contribution is -2.33. The second-order valence-electron chi connectivity index (χ2n) is 5.19. The van der Waals surface area contributed by atoms with Crippen molar-refractivity contribution in [1.82, 2.24) is 9.55 Å². The van der Waals surface area contributed by atoms with E-state index in [9.17, 15) is 14.2 Å². The maximum atomic E-state index is 11.8. The molecule has 0 unspecified atom stereocenters. The third-order valence-electron chi connectivity index (χ3n) is 3.52. The average Bonchev–Trinajstić information content (AvgIpc) is 2.74. The van der Waals surface area contributed by atoms with Crippen LogP contribution in [0.2, 0.25) is 0 Å².